The SMILES string of the molecule is CC(=O)NC(C=O)Oc1ccccc1. The Hall–Kier alpha value is -1.84. The number of ether oxygens (including phenoxy) is 1. The summed E-state index contributed by atoms with van der Waals surface area (Å²) in [6.07, 6.45) is -0.385. The molecule has 74 valence electrons. The van der Waals surface area contributed by atoms with E-state index in [9.17, 15) is 9.59 Å². The number of benzene rings is 1. The Morgan fingerprint density at radius 3 is 2.57 bits per heavy atom. The quantitative estimate of drug-likeness (QED) is 0.566. The molecule has 1 unspecified atom stereocenters. The second-order valence-electron chi connectivity index (χ2n) is 2.69. The molecule has 14 heavy (non-hydrogen) atoms. The summed E-state index contributed by atoms with van der Waals surface area (Å²) in [5.41, 5.74) is 0. The van der Waals surface area contributed by atoms with E-state index in [0.29, 0.717) is 12.0 Å². The summed E-state index contributed by atoms with van der Waals surface area (Å²) in [6.45, 7) is 1.32. The van der Waals surface area contributed by atoms with Crippen molar-refractivity contribution in [2.75, 3.05) is 0 Å². The largest absolute Gasteiger partial charge is 0.464 e. The first kappa shape index (κ1) is 10.2. The highest BCUT2D eigenvalue weighted by Crippen LogP contribution is 2.09. The zero-order valence-corrected chi connectivity index (χ0v) is 7.77. The van der Waals surface area contributed by atoms with E-state index in [2.05, 4.69) is 5.32 Å². The van der Waals surface area contributed by atoms with Crippen molar-refractivity contribution < 1.29 is 14.3 Å². The standard InChI is InChI=1S/C10H11NO3/c1-8(13)11-10(7-12)14-9-5-3-2-4-6-9/h2-7,10H,1H3,(H,11,13). The van der Waals surface area contributed by atoms with Crippen LogP contribution in [0.4, 0.5) is 0 Å². The average molecular weight is 193 g/mol. The highest BCUT2D eigenvalue weighted by molar-refractivity contribution is 5.76. The molecule has 4 nitrogen and oxygen atoms in total. The van der Waals surface area contributed by atoms with E-state index in [1.54, 1.807) is 24.3 Å². The number of nitrogens with one attached hydrogen (secondary N) is 1. The Bertz CT molecular complexity index is 310. The molecular weight excluding hydrogens is 182 g/mol. The van der Waals surface area contributed by atoms with E-state index >= 15 is 0 Å². The molecule has 0 heterocycles. The van der Waals surface area contributed by atoms with Gasteiger partial charge < -0.3 is 10.1 Å². The van der Waals surface area contributed by atoms with Crippen molar-refractivity contribution in [1.29, 1.82) is 0 Å². The topological polar surface area (TPSA) is 55.4 Å². The summed E-state index contributed by atoms with van der Waals surface area (Å²) in [5, 5.41) is 2.35. The lowest BCUT2D eigenvalue weighted by atomic mass is 10.3. The van der Waals surface area contributed by atoms with E-state index in [1.165, 1.54) is 6.92 Å². The molecule has 1 rings (SSSR count). The van der Waals surface area contributed by atoms with Crippen LogP contribution in [0, 0.1) is 0 Å². The summed E-state index contributed by atoms with van der Waals surface area (Å²) < 4.78 is 5.17. The van der Waals surface area contributed by atoms with E-state index in [4.69, 9.17) is 4.74 Å². The molecule has 1 amide bonds. The number of hydrogen-bond donors (Lipinski definition) is 1. The maximum atomic E-state index is 10.7. The van der Waals surface area contributed by atoms with Crippen LogP contribution >= 0.6 is 0 Å². The number of para-hydroxylation sites is 1. The fourth-order valence-corrected chi connectivity index (χ4v) is 0.937. The van der Waals surface area contributed by atoms with Gasteiger partial charge in [-0.05, 0) is 12.1 Å². The predicted octanol–water partition coefficient (Wildman–Crippen LogP) is 0.726. The number of rotatable bonds is 4. The van der Waals surface area contributed by atoms with Crippen LogP contribution in [0.1, 0.15) is 6.92 Å². The van der Waals surface area contributed by atoms with Gasteiger partial charge in [0.15, 0.2) is 6.29 Å². The monoisotopic (exact) mass is 193 g/mol. The Balaban J connectivity index is 2.57. The molecule has 0 aromatic heterocycles. The van der Waals surface area contributed by atoms with E-state index < -0.39 is 6.23 Å². The normalized spacial score (nSPS) is 11.5. The van der Waals surface area contributed by atoms with Crippen LogP contribution in [0.25, 0.3) is 0 Å². The molecule has 0 aliphatic heterocycles. The van der Waals surface area contributed by atoms with Gasteiger partial charge in [0.05, 0.1) is 0 Å². The lowest BCUT2D eigenvalue weighted by molar-refractivity contribution is -0.126. The maximum absolute atomic E-state index is 10.7. The third-order valence-corrected chi connectivity index (χ3v) is 1.48. The molecule has 0 radical (unpaired) electrons. The first-order chi connectivity index (χ1) is 6.72. The van der Waals surface area contributed by atoms with Gasteiger partial charge in [-0.25, -0.2) is 0 Å². The first-order valence-electron chi connectivity index (χ1n) is 4.16. The van der Waals surface area contributed by atoms with Gasteiger partial charge in [0.1, 0.15) is 5.75 Å². The van der Waals surface area contributed by atoms with Crippen LogP contribution in [0.2, 0.25) is 0 Å². The maximum Gasteiger partial charge on any atom is 0.228 e. The molecular formula is C10H11NO3. The number of amides is 1. The van der Waals surface area contributed by atoms with Gasteiger partial charge >= 0.3 is 0 Å². The van der Waals surface area contributed by atoms with E-state index in [1.807, 2.05) is 6.07 Å². The number of carbonyl (C=O) groups excluding carboxylic acids is 2. The molecule has 0 aliphatic carbocycles. The number of hydrogen-bond acceptors (Lipinski definition) is 3. The Morgan fingerprint density at radius 2 is 2.07 bits per heavy atom. The van der Waals surface area contributed by atoms with Gasteiger partial charge in [-0.1, -0.05) is 18.2 Å². The highest BCUT2D eigenvalue weighted by atomic mass is 16.5. The summed E-state index contributed by atoms with van der Waals surface area (Å²) in [7, 11) is 0. The van der Waals surface area contributed by atoms with Gasteiger partial charge in [0.25, 0.3) is 0 Å². The first-order valence-corrected chi connectivity index (χ1v) is 4.16. The summed E-state index contributed by atoms with van der Waals surface area (Å²) >= 11 is 0. The van der Waals surface area contributed by atoms with Crippen molar-refractivity contribution in [3.05, 3.63) is 30.3 Å². The predicted molar refractivity (Wildman–Crippen MR) is 50.7 cm³/mol. The summed E-state index contributed by atoms with van der Waals surface area (Å²) in [5.74, 6) is 0.233. The lowest BCUT2D eigenvalue weighted by Crippen LogP contribution is -2.38. The Kier molecular flexibility index (Phi) is 3.67. The second kappa shape index (κ2) is 5.01. The van der Waals surface area contributed by atoms with Crippen molar-refractivity contribution in [2.24, 2.45) is 0 Å². The second-order valence-corrected chi connectivity index (χ2v) is 2.69. The zero-order chi connectivity index (χ0) is 10.4. The minimum atomic E-state index is -0.921. The van der Waals surface area contributed by atoms with Gasteiger partial charge in [-0.2, -0.15) is 0 Å². The molecule has 4 heteroatoms. The zero-order valence-electron chi connectivity index (χ0n) is 7.77. The summed E-state index contributed by atoms with van der Waals surface area (Å²) in [4.78, 5) is 21.2. The third kappa shape index (κ3) is 3.26. The van der Waals surface area contributed by atoms with Crippen LogP contribution in [-0.2, 0) is 9.59 Å². The fraction of sp³-hybridized carbons (Fsp3) is 0.200. The van der Waals surface area contributed by atoms with Crippen LogP contribution in [0.15, 0.2) is 30.3 Å². The molecule has 0 bridgehead atoms. The molecule has 1 N–H and O–H groups in total. The van der Waals surface area contributed by atoms with Gasteiger partial charge in [0, 0.05) is 6.92 Å². The van der Waals surface area contributed by atoms with Crippen molar-refractivity contribution in [2.45, 2.75) is 13.2 Å². The molecule has 0 saturated heterocycles. The number of carbonyl (C=O) groups is 2. The van der Waals surface area contributed by atoms with Crippen molar-refractivity contribution in [3.63, 3.8) is 0 Å². The average Bonchev–Trinajstić information content (AvgIpc) is 2.17. The number of aldehydes is 1. The smallest absolute Gasteiger partial charge is 0.228 e. The Morgan fingerprint density at radius 1 is 1.43 bits per heavy atom. The van der Waals surface area contributed by atoms with Gasteiger partial charge in [-0.3, -0.25) is 9.59 Å². The Labute approximate surface area is 81.9 Å². The fourth-order valence-electron chi connectivity index (χ4n) is 0.937. The molecule has 0 saturated carbocycles. The van der Waals surface area contributed by atoms with E-state index in [0.717, 1.165) is 0 Å². The molecule has 1 aromatic rings. The third-order valence-electron chi connectivity index (χ3n) is 1.48. The van der Waals surface area contributed by atoms with Crippen molar-refractivity contribution >= 4 is 12.2 Å². The minimum Gasteiger partial charge on any atom is -0.464 e. The van der Waals surface area contributed by atoms with Gasteiger partial charge in [0.2, 0.25) is 12.1 Å². The lowest BCUT2D eigenvalue weighted by Gasteiger charge is -2.13. The van der Waals surface area contributed by atoms with E-state index in [-0.39, 0.29) is 5.91 Å². The van der Waals surface area contributed by atoms with Crippen LogP contribution < -0.4 is 10.1 Å². The van der Waals surface area contributed by atoms with Crippen LogP contribution in [-0.4, -0.2) is 18.4 Å². The molecule has 0 spiro atoms. The molecule has 1 aromatic carbocycles. The molecule has 0 fully saturated rings. The van der Waals surface area contributed by atoms with Crippen molar-refractivity contribution in [1.82, 2.24) is 5.32 Å². The highest BCUT2D eigenvalue weighted by Gasteiger charge is 2.08. The summed E-state index contributed by atoms with van der Waals surface area (Å²) in [6, 6.07) is 8.81. The van der Waals surface area contributed by atoms with Crippen molar-refractivity contribution in [3.8, 4) is 5.75 Å². The minimum absolute atomic E-state index is 0.307. The molecule has 0 aliphatic rings. The van der Waals surface area contributed by atoms with Crippen LogP contribution in [0.5, 0.6) is 5.75 Å². The van der Waals surface area contributed by atoms with Gasteiger partial charge in [-0.15, -0.1) is 0 Å². The molecule has 1 atom stereocenters. The van der Waals surface area contributed by atoms with Crippen LogP contribution in [0.3, 0.4) is 0 Å².